The summed E-state index contributed by atoms with van der Waals surface area (Å²) in [6.07, 6.45) is -7.25. The lowest BCUT2D eigenvalue weighted by Crippen LogP contribution is -2.46. The van der Waals surface area contributed by atoms with Crippen molar-refractivity contribution in [2.24, 2.45) is 0 Å². The van der Waals surface area contributed by atoms with E-state index in [0.717, 1.165) is 0 Å². The molecular weight excluding hydrogens is 363 g/mol. The van der Waals surface area contributed by atoms with Crippen LogP contribution in [-0.4, -0.2) is 59.7 Å². The largest absolute Gasteiger partial charge is 0.522 e. The quantitative estimate of drug-likeness (QED) is 0.795. The second-order valence-electron chi connectivity index (χ2n) is 6.24. The molecule has 1 amide bonds. The van der Waals surface area contributed by atoms with Gasteiger partial charge in [0.1, 0.15) is 0 Å². The molecule has 12 heteroatoms. The Kier molecular flexibility index (Phi) is 5.34. The molecule has 0 radical (unpaired) electrons. The molecule has 146 valence electrons. The van der Waals surface area contributed by atoms with Gasteiger partial charge in [-0.2, -0.15) is 0 Å². The molecule has 1 saturated heterocycles. The van der Waals surface area contributed by atoms with Crippen LogP contribution in [0.15, 0.2) is 4.42 Å². The second kappa shape index (κ2) is 7.37. The van der Waals surface area contributed by atoms with Crippen molar-refractivity contribution in [1.82, 2.24) is 15.5 Å². The fourth-order valence-corrected chi connectivity index (χ4v) is 3.10. The van der Waals surface area contributed by atoms with Crippen LogP contribution in [0.1, 0.15) is 43.1 Å². The number of carboxylic acid groups (broad SMARTS) is 1. The number of nitrogens with one attached hydrogen (secondary N) is 1. The number of hydrogen-bond acceptors (Lipinski definition) is 7. The minimum atomic E-state index is -4.65. The average Bonchev–Trinajstić information content (AvgIpc) is 2.98. The van der Waals surface area contributed by atoms with Crippen molar-refractivity contribution in [3.8, 4) is 0 Å². The number of halogens is 3. The molecule has 2 heterocycles. The summed E-state index contributed by atoms with van der Waals surface area (Å²) in [6.45, 7) is 0.111. The highest BCUT2D eigenvalue weighted by Gasteiger charge is 2.43. The maximum Gasteiger partial charge on any atom is 0.522 e. The van der Waals surface area contributed by atoms with Crippen molar-refractivity contribution in [3.63, 3.8) is 0 Å². The summed E-state index contributed by atoms with van der Waals surface area (Å²) in [4.78, 5) is 10.7. The number of methoxy groups -OCH3 is 1. The number of hydrogen-bond donors (Lipinski definition) is 2. The number of rotatable bonds is 5. The summed E-state index contributed by atoms with van der Waals surface area (Å²) in [7, 11) is 1.45. The Labute approximate surface area is 145 Å². The molecule has 0 aromatic carbocycles. The summed E-state index contributed by atoms with van der Waals surface area (Å²) in [6, 6.07) is -0.428. The van der Waals surface area contributed by atoms with E-state index in [-0.39, 0.29) is 37.1 Å². The first-order valence-electron chi connectivity index (χ1n) is 7.97. The summed E-state index contributed by atoms with van der Waals surface area (Å²) in [5.41, 5.74) is 0. The molecule has 26 heavy (non-hydrogen) atoms. The van der Waals surface area contributed by atoms with E-state index in [0.29, 0.717) is 6.42 Å². The van der Waals surface area contributed by atoms with Crippen molar-refractivity contribution in [3.05, 3.63) is 11.8 Å². The molecule has 2 N–H and O–H groups in total. The van der Waals surface area contributed by atoms with E-state index < -0.39 is 36.8 Å². The predicted octanol–water partition coefficient (Wildman–Crippen LogP) is 1.96. The standard InChI is InChI=1S/C14H18F3N3O6/c1-23-9-4-7(18-13(21)22)5-24-10(9)12-20-19-11(25-12)6-2-8(3-6)26-14(15,16)17/h6-10,18H,2-5H2,1H3,(H,21,22)/t6?,7-,8?,9?,10+/m1/s1. The minimum absolute atomic E-state index is 0.111. The van der Waals surface area contributed by atoms with Gasteiger partial charge < -0.3 is 24.3 Å². The van der Waals surface area contributed by atoms with Crippen LogP contribution in [0.5, 0.6) is 0 Å². The van der Waals surface area contributed by atoms with E-state index in [9.17, 15) is 18.0 Å². The van der Waals surface area contributed by atoms with Crippen LogP contribution in [0.3, 0.4) is 0 Å². The first-order chi connectivity index (χ1) is 12.2. The summed E-state index contributed by atoms with van der Waals surface area (Å²) in [5.74, 6) is 0.0849. The smallest absolute Gasteiger partial charge is 0.465 e. The summed E-state index contributed by atoms with van der Waals surface area (Å²) >= 11 is 0. The molecule has 1 unspecified atom stereocenters. The number of nitrogens with zero attached hydrogens (tertiary/aromatic N) is 2. The Hall–Kier alpha value is -1.92. The molecule has 9 nitrogen and oxygen atoms in total. The van der Waals surface area contributed by atoms with Gasteiger partial charge in [0.25, 0.3) is 0 Å². The lowest BCUT2D eigenvalue weighted by atomic mass is 9.82. The Morgan fingerprint density at radius 1 is 1.27 bits per heavy atom. The van der Waals surface area contributed by atoms with Gasteiger partial charge >= 0.3 is 12.5 Å². The van der Waals surface area contributed by atoms with Gasteiger partial charge in [0.05, 0.1) is 24.9 Å². The van der Waals surface area contributed by atoms with E-state index in [1.54, 1.807) is 0 Å². The Balaban J connectivity index is 1.57. The van der Waals surface area contributed by atoms with E-state index in [1.165, 1.54) is 7.11 Å². The van der Waals surface area contributed by atoms with Gasteiger partial charge in [-0.1, -0.05) is 0 Å². The van der Waals surface area contributed by atoms with E-state index in [2.05, 4.69) is 20.3 Å². The highest BCUT2D eigenvalue weighted by atomic mass is 19.4. The summed E-state index contributed by atoms with van der Waals surface area (Å²) < 4.78 is 56.9. The van der Waals surface area contributed by atoms with E-state index >= 15 is 0 Å². The third kappa shape index (κ3) is 4.43. The van der Waals surface area contributed by atoms with Crippen molar-refractivity contribution in [2.45, 2.75) is 55.9 Å². The van der Waals surface area contributed by atoms with Crippen LogP contribution >= 0.6 is 0 Å². The Bertz CT molecular complexity index is 634. The van der Waals surface area contributed by atoms with Crippen LogP contribution in [0.4, 0.5) is 18.0 Å². The second-order valence-corrected chi connectivity index (χ2v) is 6.24. The maximum atomic E-state index is 12.2. The van der Waals surface area contributed by atoms with Gasteiger partial charge in [0.2, 0.25) is 11.8 Å². The lowest BCUT2D eigenvalue weighted by molar-refractivity contribution is -0.352. The Morgan fingerprint density at radius 2 is 1.96 bits per heavy atom. The number of aromatic nitrogens is 2. The van der Waals surface area contributed by atoms with Gasteiger partial charge in [0.15, 0.2) is 6.10 Å². The van der Waals surface area contributed by atoms with Crippen LogP contribution in [0.2, 0.25) is 0 Å². The van der Waals surface area contributed by atoms with E-state index in [1.807, 2.05) is 0 Å². The normalized spacial score (nSPS) is 32.1. The topological polar surface area (TPSA) is 116 Å². The predicted molar refractivity (Wildman–Crippen MR) is 76.3 cm³/mol. The minimum Gasteiger partial charge on any atom is -0.465 e. The van der Waals surface area contributed by atoms with E-state index in [4.69, 9.17) is 19.0 Å². The monoisotopic (exact) mass is 381 g/mol. The fraction of sp³-hybridized carbons (Fsp3) is 0.786. The molecule has 1 aliphatic carbocycles. The molecule has 1 aromatic rings. The van der Waals surface area contributed by atoms with Gasteiger partial charge in [0, 0.05) is 13.0 Å². The highest BCUT2D eigenvalue weighted by Crippen LogP contribution is 2.41. The molecular formula is C14H18F3N3O6. The molecule has 1 saturated carbocycles. The number of carbonyl (C=O) groups is 1. The first-order valence-corrected chi connectivity index (χ1v) is 7.97. The number of amides is 1. The third-order valence-electron chi connectivity index (χ3n) is 4.41. The first kappa shape index (κ1) is 18.9. The molecule has 3 rings (SSSR count). The van der Waals surface area contributed by atoms with Gasteiger partial charge in [-0.3, -0.25) is 4.74 Å². The van der Waals surface area contributed by atoms with Crippen LogP contribution in [-0.2, 0) is 14.2 Å². The highest BCUT2D eigenvalue weighted by molar-refractivity contribution is 5.64. The van der Waals surface area contributed by atoms with Crippen molar-refractivity contribution < 1.29 is 41.7 Å². The van der Waals surface area contributed by atoms with Gasteiger partial charge in [-0.15, -0.1) is 23.4 Å². The molecule has 1 aromatic heterocycles. The summed E-state index contributed by atoms with van der Waals surface area (Å²) in [5, 5.41) is 18.9. The van der Waals surface area contributed by atoms with Crippen molar-refractivity contribution >= 4 is 6.09 Å². The number of alkyl halides is 3. The molecule has 2 aliphatic rings. The van der Waals surface area contributed by atoms with Gasteiger partial charge in [-0.05, 0) is 19.3 Å². The fourth-order valence-electron chi connectivity index (χ4n) is 3.10. The lowest BCUT2D eigenvalue weighted by Gasteiger charge is -2.34. The Morgan fingerprint density at radius 3 is 2.58 bits per heavy atom. The molecule has 0 spiro atoms. The zero-order valence-corrected chi connectivity index (χ0v) is 13.7. The van der Waals surface area contributed by atoms with Gasteiger partial charge in [-0.25, -0.2) is 4.79 Å². The molecule has 3 atom stereocenters. The average molecular weight is 381 g/mol. The SMILES string of the molecule is COC1C[C@@H](NC(=O)O)CO[C@@H]1c1nnc(C2CC(OC(F)(F)F)C2)o1. The molecule has 2 fully saturated rings. The maximum absolute atomic E-state index is 12.2. The number of ether oxygens (including phenoxy) is 3. The molecule has 1 aliphatic heterocycles. The van der Waals surface area contributed by atoms with Crippen LogP contribution < -0.4 is 5.32 Å². The van der Waals surface area contributed by atoms with Crippen molar-refractivity contribution in [2.75, 3.05) is 13.7 Å². The molecule has 0 bridgehead atoms. The van der Waals surface area contributed by atoms with Crippen molar-refractivity contribution in [1.29, 1.82) is 0 Å². The zero-order chi connectivity index (χ0) is 18.9. The van der Waals surface area contributed by atoms with Crippen LogP contribution in [0, 0.1) is 0 Å². The zero-order valence-electron chi connectivity index (χ0n) is 13.7. The third-order valence-corrected chi connectivity index (χ3v) is 4.41. The van der Waals surface area contributed by atoms with Crippen LogP contribution in [0.25, 0.3) is 0 Å².